The quantitative estimate of drug-likeness (QED) is 0.384. The maximum Gasteiger partial charge on any atom is 0.420 e. The van der Waals surface area contributed by atoms with Gasteiger partial charge in [0.2, 0.25) is 0 Å². The van der Waals surface area contributed by atoms with Crippen LogP contribution in [0, 0.1) is 12.7 Å². The Hall–Kier alpha value is -3.79. The molecule has 6 nitrogen and oxygen atoms in total. The lowest BCUT2D eigenvalue weighted by Crippen LogP contribution is -2.17. The van der Waals surface area contributed by atoms with E-state index in [4.69, 9.17) is 11.6 Å². The molecule has 0 radical (unpaired) electrons. The van der Waals surface area contributed by atoms with E-state index in [1.165, 1.54) is 36.7 Å². The zero-order valence-corrected chi connectivity index (χ0v) is 17.6. The van der Waals surface area contributed by atoms with E-state index >= 15 is 0 Å². The second kappa shape index (κ2) is 8.62. The Morgan fingerprint density at radius 3 is 2.42 bits per heavy atom. The van der Waals surface area contributed by atoms with Crippen LogP contribution in [0.2, 0.25) is 5.02 Å². The van der Waals surface area contributed by atoms with E-state index in [2.05, 4.69) is 20.5 Å². The minimum absolute atomic E-state index is 0.145. The second-order valence-electron chi connectivity index (χ2n) is 7.02. The molecule has 2 aromatic heterocycles. The van der Waals surface area contributed by atoms with E-state index < -0.39 is 29.3 Å². The first-order valence-corrected chi connectivity index (χ1v) is 9.82. The Morgan fingerprint density at radius 2 is 1.79 bits per heavy atom. The van der Waals surface area contributed by atoms with Crippen LogP contribution in [0.1, 0.15) is 21.5 Å². The van der Waals surface area contributed by atoms with Crippen LogP contribution in [-0.4, -0.2) is 25.9 Å². The fourth-order valence-electron chi connectivity index (χ4n) is 3.23. The van der Waals surface area contributed by atoms with Crippen LogP contribution in [-0.2, 0) is 6.18 Å². The Bertz CT molecular complexity index is 1340. The van der Waals surface area contributed by atoms with Crippen molar-refractivity contribution in [2.45, 2.75) is 13.1 Å². The molecule has 0 aliphatic heterocycles. The predicted molar refractivity (Wildman–Crippen MR) is 114 cm³/mol. The van der Waals surface area contributed by atoms with Crippen molar-refractivity contribution in [1.29, 1.82) is 0 Å². The number of nitrogens with zero attached hydrogens (tertiary/aromatic N) is 4. The standard InChI is InChI=1S/C22H14ClF4N5O/c1-12-8-13(17-5-3-14(24)9-19(17)23)2-4-16(12)21(33)31-15-10-18(22(25,26)27)20(28-11-15)32-29-6-7-30-32/h2-11H,1H3,(H,31,33). The van der Waals surface area contributed by atoms with Crippen LogP contribution >= 0.6 is 11.6 Å². The van der Waals surface area contributed by atoms with Gasteiger partial charge in [0, 0.05) is 11.1 Å². The molecule has 11 heteroatoms. The van der Waals surface area contributed by atoms with Crippen molar-refractivity contribution in [2.75, 3.05) is 5.32 Å². The van der Waals surface area contributed by atoms with Gasteiger partial charge in [0.25, 0.3) is 5.91 Å². The summed E-state index contributed by atoms with van der Waals surface area (Å²) in [5.41, 5.74) is 0.777. The number of rotatable bonds is 4. The van der Waals surface area contributed by atoms with Crippen LogP contribution < -0.4 is 5.32 Å². The largest absolute Gasteiger partial charge is 0.420 e. The van der Waals surface area contributed by atoms with Gasteiger partial charge >= 0.3 is 6.18 Å². The van der Waals surface area contributed by atoms with Crippen molar-refractivity contribution >= 4 is 23.2 Å². The molecule has 2 heterocycles. The fourth-order valence-corrected chi connectivity index (χ4v) is 3.50. The molecule has 33 heavy (non-hydrogen) atoms. The number of pyridine rings is 1. The molecule has 0 aliphatic carbocycles. The molecule has 0 atom stereocenters. The molecule has 0 fully saturated rings. The summed E-state index contributed by atoms with van der Waals surface area (Å²) in [6.07, 6.45) is -1.21. The summed E-state index contributed by atoms with van der Waals surface area (Å²) in [6, 6.07) is 9.55. The highest BCUT2D eigenvalue weighted by Crippen LogP contribution is 2.34. The van der Waals surface area contributed by atoms with Gasteiger partial charge in [0.1, 0.15) is 11.4 Å². The molecule has 0 saturated heterocycles. The number of benzene rings is 2. The van der Waals surface area contributed by atoms with Gasteiger partial charge in [0.15, 0.2) is 5.82 Å². The van der Waals surface area contributed by atoms with Crippen LogP contribution in [0.25, 0.3) is 16.9 Å². The number of halogens is 5. The van der Waals surface area contributed by atoms with Crippen molar-refractivity contribution in [1.82, 2.24) is 20.0 Å². The average Bonchev–Trinajstić information content (AvgIpc) is 3.27. The SMILES string of the molecule is Cc1cc(-c2ccc(F)cc2Cl)ccc1C(=O)Nc1cnc(-n2nccn2)c(C(F)(F)F)c1. The minimum atomic E-state index is -4.75. The molecule has 4 aromatic rings. The van der Waals surface area contributed by atoms with Gasteiger partial charge in [-0.2, -0.15) is 23.4 Å². The fraction of sp³-hybridized carbons (Fsp3) is 0.0909. The summed E-state index contributed by atoms with van der Waals surface area (Å²) in [5, 5.41) is 10.0. The molecule has 0 spiro atoms. The number of nitrogens with one attached hydrogen (secondary N) is 1. The Morgan fingerprint density at radius 1 is 1.06 bits per heavy atom. The number of amides is 1. The molecular weight excluding hydrogens is 462 g/mol. The number of alkyl halides is 3. The molecule has 0 unspecified atom stereocenters. The maximum atomic E-state index is 13.6. The molecule has 4 rings (SSSR count). The minimum Gasteiger partial charge on any atom is -0.321 e. The summed E-state index contributed by atoms with van der Waals surface area (Å²) in [4.78, 5) is 17.3. The van der Waals surface area contributed by atoms with E-state index in [9.17, 15) is 22.4 Å². The van der Waals surface area contributed by atoms with Crippen LogP contribution in [0.3, 0.4) is 0 Å². The number of hydrogen-bond acceptors (Lipinski definition) is 4. The third kappa shape index (κ3) is 4.70. The lowest BCUT2D eigenvalue weighted by molar-refractivity contribution is -0.137. The molecule has 168 valence electrons. The first-order valence-electron chi connectivity index (χ1n) is 9.45. The van der Waals surface area contributed by atoms with Crippen molar-refractivity contribution in [3.63, 3.8) is 0 Å². The summed E-state index contributed by atoms with van der Waals surface area (Å²) in [6.45, 7) is 1.67. The highest BCUT2D eigenvalue weighted by atomic mass is 35.5. The Balaban J connectivity index is 1.62. The molecule has 0 aliphatic rings. The first kappa shape index (κ1) is 22.4. The van der Waals surface area contributed by atoms with Crippen LogP contribution in [0.5, 0.6) is 0 Å². The topological polar surface area (TPSA) is 72.7 Å². The lowest BCUT2D eigenvalue weighted by Gasteiger charge is -2.14. The van der Waals surface area contributed by atoms with E-state index in [1.54, 1.807) is 19.1 Å². The third-order valence-corrected chi connectivity index (χ3v) is 5.06. The Kier molecular flexibility index (Phi) is 5.86. The predicted octanol–water partition coefficient (Wildman–Crippen LogP) is 5.70. The number of carbonyl (C=O) groups excluding carboxylic acids is 1. The average molecular weight is 476 g/mol. The van der Waals surface area contributed by atoms with Gasteiger partial charge in [-0.3, -0.25) is 4.79 Å². The lowest BCUT2D eigenvalue weighted by atomic mass is 9.99. The van der Waals surface area contributed by atoms with Crippen molar-refractivity contribution < 1.29 is 22.4 Å². The highest BCUT2D eigenvalue weighted by Gasteiger charge is 2.36. The highest BCUT2D eigenvalue weighted by molar-refractivity contribution is 6.33. The van der Waals surface area contributed by atoms with E-state index in [0.29, 0.717) is 16.7 Å². The first-order chi connectivity index (χ1) is 15.6. The van der Waals surface area contributed by atoms with E-state index in [1.807, 2.05) is 0 Å². The normalized spacial score (nSPS) is 11.5. The zero-order chi connectivity index (χ0) is 23.8. The summed E-state index contributed by atoms with van der Waals surface area (Å²) >= 11 is 6.10. The number of aryl methyl sites for hydroxylation is 1. The monoisotopic (exact) mass is 475 g/mol. The Labute approximate surface area is 189 Å². The van der Waals surface area contributed by atoms with Crippen molar-refractivity contribution in [3.05, 3.63) is 88.6 Å². The van der Waals surface area contributed by atoms with Crippen molar-refractivity contribution in [3.8, 4) is 16.9 Å². The van der Waals surface area contributed by atoms with Gasteiger partial charge in [-0.25, -0.2) is 9.37 Å². The zero-order valence-electron chi connectivity index (χ0n) is 16.9. The van der Waals surface area contributed by atoms with Gasteiger partial charge in [-0.05, 0) is 48.4 Å². The van der Waals surface area contributed by atoms with Gasteiger partial charge in [-0.1, -0.05) is 23.7 Å². The van der Waals surface area contributed by atoms with Crippen molar-refractivity contribution in [2.24, 2.45) is 0 Å². The molecule has 0 bridgehead atoms. The number of aromatic nitrogens is 4. The maximum absolute atomic E-state index is 13.6. The number of carbonyl (C=O) groups is 1. The summed E-state index contributed by atoms with van der Waals surface area (Å²) in [5.74, 6) is -1.61. The van der Waals surface area contributed by atoms with Gasteiger partial charge < -0.3 is 5.32 Å². The third-order valence-electron chi connectivity index (χ3n) is 4.75. The number of anilines is 1. The smallest absolute Gasteiger partial charge is 0.321 e. The molecule has 1 N–H and O–H groups in total. The molecular formula is C22H14ClF4N5O. The van der Waals surface area contributed by atoms with Crippen LogP contribution in [0.4, 0.5) is 23.2 Å². The van der Waals surface area contributed by atoms with E-state index in [-0.39, 0.29) is 16.3 Å². The summed E-state index contributed by atoms with van der Waals surface area (Å²) in [7, 11) is 0. The van der Waals surface area contributed by atoms with Gasteiger partial charge in [-0.15, -0.1) is 4.80 Å². The molecule has 0 saturated carbocycles. The molecule has 1 amide bonds. The van der Waals surface area contributed by atoms with Gasteiger partial charge in [0.05, 0.1) is 29.3 Å². The van der Waals surface area contributed by atoms with Crippen LogP contribution in [0.15, 0.2) is 61.1 Å². The van der Waals surface area contributed by atoms with E-state index in [0.717, 1.165) is 17.1 Å². The summed E-state index contributed by atoms with van der Waals surface area (Å²) < 4.78 is 54.0. The molecule has 2 aromatic carbocycles. The number of hydrogen-bond donors (Lipinski definition) is 1. The second-order valence-corrected chi connectivity index (χ2v) is 7.43.